The molecule has 2 unspecified atom stereocenters. The first-order chi connectivity index (χ1) is 21.0. The van der Waals surface area contributed by atoms with E-state index in [1.807, 2.05) is 0 Å². The Morgan fingerprint density at radius 3 is 1.44 bits per heavy atom. The number of unbranched alkanes of at least 4 members (excludes halogenated alkanes) is 10. The number of rotatable bonds is 33. The molecule has 43 heavy (non-hydrogen) atoms. The van der Waals surface area contributed by atoms with Gasteiger partial charge in [0, 0.05) is 91.4 Å². The lowest BCUT2D eigenvalue weighted by atomic mass is 10.1. The van der Waals surface area contributed by atoms with Crippen molar-refractivity contribution in [1.29, 1.82) is 10.5 Å². The lowest BCUT2D eigenvalue weighted by Gasteiger charge is -2.29. The van der Waals surface area contributed by atoms with Crippen LogP contribution in [0, 0.1) is 22.7 Å². The van der Waals surface area contributed by atoms with E-state index in [0.717, 1.165) is 71.5 Å². The van der Waals surface area contributed by atoms with Crippen LogP contribution in [-0.4, -0.2) is 116 Å². The maximum Gasteiger partial charge on any atom is 0.0667 e. The van der Waals surface area contributed by atoms with Crippen molar-refractivity contribution in [3.8, 4) is 12.1 Å². The van der Waals surface area contributed by atoms with E-state index in [-0.39, 0.29) is 12.2 Å². The fourth-order valence-corrected chi connectivity index (χ4v) is 5.50. The first-order valence-electron chi connectivity index (χ1n) is 17.7. The minimum atomic E-state index is -0.342. The lowest BCUT2D eigenvalue weighted by Crippen LogP contribution is -2.44. The van der Waals surface area contributed by atoms with Gasteiger partial charge >= 0.3 is 0 Å². The first kappa shape index (κ1) is 41.7. The number of nitriles is 2. The minimum Gasteiger partial charge on any atom is -0.392 e. The highest BCUT2D eigenvalue weighted by atomic mass is 16.3. The minimum absolute atomic E-state index is 0.300. The van der Waals surface area contributed by atoms with E-state index in [2.05, 4.69) is 46.0 Å². The molecule has 0 aromatic heterocycles. The van der Waals surface area contributed by atoms with Crippen molar-refractivity contribution in [3.05, 3.63) is 0 Å². The van der Waals surface area contributed by atoms with Gasteiger partial charge in [0.2, 0.25) is 0 Å². The highest BCUT2D eigenvalue weighted by molar-refractivity contribution is 4.78. The van der Waals surface area contributed by atoms with Gasteiger partial charge in [0.1, 0.15) is 0 Å². The van der Waals surface area contributed by atoms with Crippen molar-refractivity contribution in [2.45, 2.75) is 129 Å². The van der Waals surface area contributed by atoms with Gasteiger partial charge in [0.15, 0.2) is 0 Å². The summed E-state index contributed by atoms with van der Waals surface area (Å²) in [6, 6.07) is 4.43. The third-order valence-corrected chi connectivity index (χ3v) is 8.19. The molecule has 252 valence electrons. The average molecular weight is 608 g/mol. The van der Waals surface area contributed by atoms with Crippen LogP contribution in [0.25, 0.3) is 0 Å². The van der Waals surface area contributed by atoms with E-state index in [1.54, 1.807) is 0 Å². The molecule has 0 aromatic rings. The molecule has 5 N–H and O–H groups in total. The van der Waals surface area contributed by atoms with E-state index in [0.29, 0.717) is 45.6 Å². The first-order valence-corrected chi connectivity index (χ1v) is 17.7. The SMILES string of the molecule is CCCCCCCCC(O)CN(CCN)CCNCCN(CCN(CCC#N)CCC#N)CC(O)CCCCCCCC. The van der Waals surface area contributed by atoms with Gasteiger partial charge < -0.3 is 26.2 Å². The molecule has 0 aliphatic carbocycles. The van der Waals surface area contributed by atoms with Gasteiger partial charge in [-0.2, -0.15) is 10.5 Å². The van der Waals surface area contributed by atoms with Crippen molar-refractivity contribution in [2.24, 2.45) is 5.73 Å². The largest absolute Gasteiger partial charge is 0.392 e. The van der Waals surface area contributed by atoms with E-state index >= 15 is 0 Å². The second kappa shape index (κ2) is 32.1. The van der Waals surface area contributed by atoms with E-state index < -0.39 is 0 Å². The van der Waals surface area contributed by atoms with Crippen LogP contribution in [0.2, 0.25) is 0 Å². The normalized spacial score (nSPS) is 13.1. The second-order valence-corrected chi connectivity index (χ2v) is 12.2. The number of aliphatic hydroxyl groups excluding tert-OH is 2. The van der Waals surface area contributed by atoms with Gasteiger partial charge in [-0.3, -0.25) is 9.80 Å². The number of nitrogens with zero attached hydrogens (tertiary/aromatic N) is 5. The molecule has 0 radical (unpaired) electrons. The van der Waals surface area contributed by atoms with Crippen molar-refractivity contribution >= 4 is 0 Å². The van der Waals surface area contributed by atoms with Crippen LogP contribution in [0.3, 0.4) is 0 Å². The summed E-state index contributed by atoms with van der Waals surface area (Å²) in [5.41, 5.74) is 5.86. The van der Waals surface area contributed by atoms with Crippen LogP contribution in [0.15, 0.2) is 0 Å². The van der Waals surface area contributed by atoms with Crippen LogP contribution in [-0.2, 0) is 0 Å². The molecule has 0 bridgehead atoms. The molecule has 0 fully saturated rings. The Bertz CT molecular complexity index is 652. The van der Waals surface area contributed by atoms with Gasteiger partial charge in [-0.15, -0.1) is 0 Å². The van der Waals surface area contributed by atoms with Crippen molar-refractivity contribution < 1.29 is 10.2 Å². The molecule has 0 aliphatic heterocycles. The van der Waals surface area contributed by atoms with E-state index in [1.165, 1.54) is 64.2 Å². The Morgan fingerprint density at radius 2 is 1.00 bits per heavy atom. The van der Waals surface area contributed by atoms with Crippen molar-refractivity contribution in [2.75, 3.05) is 78.5 Å². The zero-order chi connectivity index (χ0) is 31.8. The van der Waals surface area contributed by atoms with Gasteiger partial charge in [-0.05, 0) is 12.8 Å². The molecule has 0 rings (SSSR count). The molecule has 0 spiro atoms. The molecule has 0 aromatic carbocycles. The third-order valence-electron chi connectivity index (χ3n) is 8.19. The summed E-state index contributed by atoms with van der Waals surface area (Å²) < 4.78 is 0. The number of nitrogens with two attached hydrogens (primary N) is 1. The summed E-state index contributed by atoms with van der Waals surface area (Å²) in [5, 5.41) is 43.0. The number of aliphatic hydroxyl groups is 2. The molecule has 9 nitrogen and oxygen atoms in total. The topological polar surface area (TPSA) is 136 Å². The maximum atomic E-state index is 10.8. The fourth-order valence-electron chi connectivity index (χ4n) is 5.50. The third kappa shape index (κ3) is 28.0. The standard InChI is InChI=1S/C34H69N7O2/c1-3-5-7-9-11-13-17-33(42)31-40(26-21-37)27-22-38-23-28-41(30-29-39(24-15-19-35)25-16-20-36)32-34(43)18-14-12-10-8-6-4-2/h33-34,38,42-43H,3-18,21-32,37H2,1-2H3. The molecule has 2 atom stereocenters. The van der Waals surface area contributed by atoms with Gasteiger partial charge in [0.25, 0.3) is 0 Å². The van der Waals surface area contributed by atoms with Gasteiger partial charge in [0.05, 0.1) is 24.3 Å². The summed E-state index contributed by atoms with van der Waals surface area (Å²) in [6.07, 6.45) is 16.7. The second-order valence-electron chi connectivity index (χ2n) is 12.2. The van der Waals surface area contributed by atoms with Gasteiger partial charge in [-0.1, -0.05) is 90.9 Å². The summed E-state index contributed by atoms with van der Waals surface area (Å²) >= 11 is 0. The van der Waals surface area contributed by atoms with Crippen molar-refractivity contribution in [3.63, 3.8) is 0 Å². The van der Waals surface area contributed by atoms with E-state index in [4.69, 9.17) is 16.3 Å². The zero-order valence-corrected chi connectivity index (χ0v) is 28.2. The Balaban J connectivity index is 4.66. The Labute approximate surface area is 265 Å². The van der Waals surface area contributed by atoms with Crippen LogP contribution in [0.4, 0.5) is 0 Å². The number of hydrogen-bond donors (Lipinski definition) is 4. The van der Waals surface area contributed by atoms with Crippen molar-refractivity contribution in [1.82, 2.24) is 20.0 Å². The summed E-state index contributed by atoms with van der Waals surface area (Å²) in [4.78, 5) is 6.77. The van der Waals surface area contributed by atoms with Crippen LogP contribution >= 0.6 is 0 Å². The highest BCUT2D eigenvalue weighted by Gasteiger charge is 2.15. The quantitative estimate of drug-likeness (QED) is 0.0796. The monoisotopic (exact) mass is 608 g/mol. The molecule has 9 heteroatoms. The molecular weight excluding hydrogens is 538 g/mol. The lowest BCUT2D eigenvalue weighted by molar-refractivity contribution is 0.0948. The number of hydrogen-bond acceptors (Lipinski definition) is 9. The highest BCUT2D eigenvalue weighted by Crippen LogP contribution is 2.11. The summed E-state index contributed by atoms with van der Waals surface area (Å²) in [5.74, 6) is 0. The molecule has 0 amide bonds. The van der Waals surface area contributed by atoms with Gasteiger partial charge in [-0.25, -0.2) is 0 Å². The smallest absolute Gasteiger partial charge is 0.0667 e. The molecule has 0 saturated heterocycles. The average Bonchev–Trinajstić information content (AvgIpc) is 2.99. The molecular formula is C34H69N7O2. The number of nitrogens with one attached hydrogen (secondary N) is 1. The predicted molar refractivity (Wildman–Crippen MR) is 180 cm³/mol. The van der Waals surface area contributed by atoms with Crippen LogP contribution < -0.4 is 11.1 Å². The van der Waals surface area contributed by atoms with Crippen LogP contribution in [0.5, 0.6) is 0 Å². The summed E-state index contributed by atoms with van der Waals surface area (Å²) in [7, 11) is 0. The predicted octanol–water partition coefficient (Wildman–Crippen LogP) is 4.49. The Kier molecular flexibility index (Phi) is 31.1. The van der Waals surface area contributed by atoms with E-state index in [9.17, 15) is 10.2 Å². The maximum absolute atomic E-state index is 10.8. The molecule has 0 saturated carbocycles. The zero-order valence-electron chi connectivity index (χ0n) is 28.2. The Hall–Kier alpha value is -1.30. The molecule has 0 heterocycles. The summed E-state index contributed by atoms with van der Waals surface area (Å²) in [6.45, 7) is 13.4. The Morgan fingerprint density at radius 1 is 0.581 bits per heavy atom. The van der Waals surface area contributed by atoms with Crippen LogP contribution in [0.1, 0.15) is 117 Å². The fraction of sp³-hybridized carbons (Fsp3) is 0.941. The molecule has 0 aliphatic rings.